The second kappa shape index (κ2) is 16.1. The molecule has 7 aromatic carbocycles. The van der Waals surface area contributed by atoms with Crippen LogP contribution >= 0.6 is 0 Å². The van der Waals surface area contributed by atoms with Crippen molar-refractivity contribution in [3.8, 4) is 23.0 Å². The maximum Gasteiger partial charge on any atom is 0.323 e. The summed E-state index contributed by atoms with van der Waals surface area (Å²) in [6.07, 6.45) is 3.75. The summed E-state index contributed by atoms with van der Waals surface area (Å²) in [4.78, 5) is 31.9. The van der Waals surface area contributed by atoms with E-state index in [9.17, 15) is 9.59 Å². The smallest absolute Gasteiger partial charge is 0.323 e. The molecule has 7 aromatic rings. The summed E-state index contributed by atoms with van der Waals surface area (Å²) >= 11 is 0. The molecule has 0 N–H and O–H groups in total. The van der Waals surface area contributed by atoms with Crippen LogP contribution in [0.4, 0.5) is 34.1 Å². The fraction of sp³-hybridized carbons (Fsp3) is 0.127. The van der Waals surface area contributed by atoms with Gasteiger partial charge >= 0.3 is 11.9 Å². The topological polar surface area (TPSA) is 68.3 Å². The quantitative estimate of drug-likeness (QED) is 0.0622. The Morgan fingerprint density at radius 2 is 0.919 bits per heavy atom. The molecule has 2 bridgehead atoms. The average Bonchev–Trinajstić information content (AvgIpc) is 4.08. The second-order valence-electron chi connectivity index (χ2n) is 15.7. The number of methoxy groups -OCH3 is 2. The highest BCUT2D eigenvalue weighted by molar-refractivity contribution is 6.02. The van der Waals surface area contributed by atoms with Gasteiger partial charge in [-0.05, 0) is 107 Å². The Morgan fingerprint density at radius 3 is 1.37 bits per heavy atom. The first kappa shape index (κ1) is 38.5. The first-order valence-corrected chi connectivity index (χ1v) is 20.7. The van der Waals surface area contributed by atoms with E-state index in [4.69, 9.17) is 14.2 Å². The predicted octanol–water partition coefficient (Wildman–Crippen LogP) is 11.8. The van der Waals surface area contributed by atoms with Crippen molar-refractivity contribution in [2.24, 2.45) is 5.41 Å². The van der Waals surface area contributed by atoms with Crippen LogP contribution in [-0.4, -0.2) is 26.2 Å². The Kier molecular flexibility index (Phi) is 9.99. The van der Waals surface area contributed by atoms with Crippen molar-refractivity contribution in [3.05, 3.63) is 215 Å². The molecule has 0 amide bonds. The van der Waals surface area contributed by atoms with Crippen LogP contribution in [0.25, 0.3) is 11.1 Å². The van der Waals surface area contributed by atoms with E-state index in [1.807, 2.05) is 84.9 Å². The lowest BCUT2D eigenvalue weighted by atomic mass is 9.80. The van der Waals surface area contributed by atoms with Crippen LogP contribution < -0.4 is 9.80 Å². The summed E-state index contributed by atoms with van der Waals surface area (Å²) in [6.45, 7) is 0. The molecule has 10 rings (SSSR count). The van der Waals surface area contributed by atoms with Gasteiger partial charge in [0.05, 0.1) is 14.2 Å². The Morgan fingerprint density at radius 1 is 0.516 bits per heavy atom. The zero-order valence-corrected chi connectivity index (χ0v) is 34.3. The molecule has 62 heavy (non-hydrogen) atoms. The summed E-state index contributed by atoms with van der Waals surface area (Å²) in [5.74, 6) is 5.86. The van der Waals surface area contributed by atoms with Crippen LogP contribution in [0.1, 0.15) is 45.6 Å². The number of fused-ring (bicyclic) bond motifs is 7. The molecule has 0 aromatic heterocycles. The molecule has 3 aliphatic rings. The summed E-state index contributed by atoms with van der Waals surface area (Å²) in [7, 11) is 2.63. The zero-order chi connectivity index (χ0) is 42.2. The third-order valence-electron chi connectivity index (χ3n) is 12.2. The van der Waals surface area contributed by atoms with E-state index in [1.54, 1.807) is 0 Å². The van der Waals surface area contributed by atoms with Crippen molar-refractivity contribution in [3.63, 3.8) is 0 Å². The van der Waals surface area contributed by atoms with E-state index in [0.29, 0.717) is 0 Å². The molecule has 2 heterocycles. The lowest BCUT2D eigenvalue weighted by Gasteiger charge is -2.26. The highest BCUT2D eigenvalue weighted by Crippen LogP contribution is 2.57. The fourth-order valence-electron chi connectivity index (χ4n) is 9.37. The van der Waals surface area contributed by atoms with Crippen molar-refractivity contribution in [1.29, 1.82) is 0 Å². The molecular formula is C55H42N2O5. The van der Waals surface area contributed by atoms with Gasteiger partial charge in [-0.1, -0.05) is 109 Å². The van der Waals surface area contributed by atoms with Crippen LogP contribution in [0.2, 0.25) is 0 Å². The third kappa shape index (κ3) is 6.62. The Hall–Kier alpha value is -7.66. The van der Waals surface area contributed by atoms with Gasteiger partial charge < -0.3 is 24.0 Å². The van der Waals surface area contributed by atoms with Crippen LogP contribution in [0.5, 0.6) is 0 Å². The van der Waals surface area contributed by atoms with E-state index >= 15 is 0 Å². The molecule has 0 saturated heterocycles. The normalized spacial score (nSPS) is 16.1. The van der Waals surface area contributed by atoms with Gasteiger partial charge in [0.1, 0.15) is 12.2 Å². The highest BCUT2D eigenvalue weighted by Gasteiger charge is 2.56. The van der Waals surface area contributed by atoms with Gasteiger partial charge in [-0.2, -0.15) is 0 Å². The Labute approximate surface area is 361 Å². The van der Waals surface area contributed by atoms with Gasteiger partial charge in [0, 0.05) is 69.2 Å². The van der Waals surface area contributed by atoms with E-state index in [2.05, 4.69) is 119 Å². The molecule has 302 valence electrons. The summed E-state index contributed by atoms with van der Waals surface area (Å²) in [5.41, 5.74) is 11.8. The zero-order valence-electron chi connectivity index (χ0n) is 34.3. The van der Waals surface area contributed by atoms with Gasteiger partial charge in [0.15, 0.2) is 5.41 Å². The molecule has 2 aliphatic heterocycles. The largest absolute Gasteiger partial charge is 0.468 e. The molecular weight excluding hydrogens is 769 g/mol. The predicted molar refractivity (Wildman–Crippen MR) is 243 cm³/mol. The summed E-state index contributed by atoms with van der Waals surface area (Å²) < 4.78 is 17.2. The number of ether oxygens (including phenoxy) is 3. The first-order chi connectivity index (χ1) is 30.5. The first-order valence-electron chi connectivity index (χ1n) is 20.7. The van der Waals surface area contributed by atoms with Crippen LogP contribution in [0.15, 0.2) is 182 Å². The molecule has 1 aliphatic carbocycles. The lowest BCUT2D eigenvalue weighted by molar-refractivity contribution is -0.168. The number of carbonyl (C=O) groups is 2. The summed E-state index contributed by atoms with van der Waals surface area (Å²) in [5, 5.41) is 0. The number of benzene rings is 7. The minimum absolute atomic E-state index is 0.0863. The van der Waals surface area contributed by atoms with Gasteiger partial charge in [-0.15, -0.1) is 0 Å². The Balaban J connectivity index is 1.13. The molecule has 0 radical (unpaired) electrons. The van der Waals surface area contributed by atoms with Gasteiger partial charge in [0.25, 0.3) is 0 Å². The monoisotopic (exact) mass is 810 g/mol. The average molecular weight is 811 g/mol. The van der Waals surface area contributed by atoms with Crippen LogP contribution in [0, 0.1) is 17.3 Å². The number of hydrogen-bond donors (Lipinski definition) is 0. The van der Waals surface area contributed by atoms with Crippen molar-refractivity contribution in [2.45, 2.75) is 25.0 Å². The molecule has 7 nitrogen and oxygen atoms in total. The molecule has 2 atom stereocenters. The lowest BCUT2D eigenvalue weighted by Crippen LogP contribution is -2.42. The van der Waals surface area contributed by atoms with Gasteiger partial charge in [-0.25, -0.2) is 0 Å². The molecule has 0 unspecified atom stereocenters. The van der Waals surface area contributed by atoms with Gasteiger partial charge in [-0.3, -0.25) is 9.59 Å². The van der Waals surface area contributed by atoms with E-state index in [-0.39, 0.29) is 25.0 Å². The van der Waals surface area contributed by atoms with E-state index < -0.39 is 17.4 Å². The molecule has 0 fully saturated rings. The second-order valence-corrected chi connectivity index (χ2v) is 15.7. The minimum Gasteiger partial charge on any atom is -0.468 e. The minimum atomic E-state index is -1.56. The maximum atomic E-state index is 13.7. The summed E-state index contributed by atoms with van der Waals surface area (Å²) in [6, 6.07) is 57.9. The Bertz CT molecular complexity index is 2790. The van der Waals surface area contributed by atoms with E-state index in [0.717, 1.165) is 78.6 Å². The fourth-order valence-corrected chi connectivity index (χ4v) is 9.37. The number of anilines is 6. The number of hydrogen-bond acceptors (Lipinski definition) is 7. The standard InChI is InChI=1S/C55H42N2O5/c1-60-53(58)55(54(59)61-2)35-46-45(32-25-37-23-28-43(29-24-37)56(39-15-7-3-8-16-39)40-17-9-4-10-18-40)50(52-49-34-33-48(62-49)51(52)47(46)36-55)38-26-30-44(31-27-38)57(41-19-11-5-12-20-41)42-21-13-6-14-22-42/h3-24,26-31,33-34,48-49H,35-36H2,1-2H3/t48-,49+/m1/s1. The van der Waals surface area contributed by atoms with Crippen LogP contribution in [-0.2, 0) is 36.6 Å². The van der Waals surface area contributed by atoms with Gasteiger partial charge in [0.2, 0.25) is 0 Å². The van der Waals surface area contributed by atoms with Crippen molar-refractivity contribution < 1.29 is 23.8 Å². The van der Waals surface area contributed by atoms with Crippen molar-refractivity contribution in [2.75, 3.05) is 24.0 Å². The van der Waals surface area contributed by atoms with Crippen LogP contribution in [0.3, 0.4) is 0 Å². The van der Waals surface area contributed by atoms with Crippen molar-refractivity contribution >= 4 is 46.1 Å². The van der Waals surface area contributed by atoms with E-state index in [1.165, 1.54) is 14.2 Å². The molecule has 0 spiro atoms. The number of rotatable bonds is 9. The number of carbonyl (C=O) groups excluding carboxylic acids is 2. The molecule has 7 heteroatoms. The molecule has 0 saturated carbocycles. The SMILES string of the molecule is COC(=O)C1(C(=O)OC)Cc2c(C#Cc3ccc(N(c4ccccc4)c4ccccc4)cc3)c(-c3ccc(N(c4ccccc4)c4ccccc4)cc3)c3c(c2C1)[C@H]1C=C[C@@H]3O1. The number of nitrogens with zero attached hydrogens (tertiary/aromatic N) is 2. The third-order valence-corrected chi connectivity index (χ3v) is 12.2. The highest BCUT2D eigenvalue weighted by atomic mass is 16.5. The maximum absolute atomic E-state index is 13.7. The number of esters is 2. The number of para-hydroxylation sites is 4. The van der Waals surface area contributed by atoms with Crippen molar-refractivity contribution in [1.82, 2.24) is 0 Å².